The Morgan fingerprint density at radius 2 is 1.91 bits per heavy atom. The molecule has 0 bridgehead atoms. The summed E-state index contributed by atoms with van der Waals surface area (Å²) >= 11 is 0. The molecular formula is C9H22N2+2. The Hall–Kier alpha value is -0.0800. The lowest BCUT2D eigenvalue weighted by Gasteiger charge is -2.19. The minimum Gasteiger partial charge on any atom is -0.357 e. The third-order valence-electron chi connectivity index (χ3n) is 2.60. The van der Waals surface area contributed by atoms with Gasteiger partial charge in [0.05, 0.1) is 19.1 Å². The first-order valence-electron chi connectivity index (χ1n) is 5.06. The molecule has 1 saturated carbocycles. The Labute approximate surface area is 69.5 Å². The van der Waals surface area contributed by atoms with Gasteiger partial charge in [0.25, 0.3) is 0 Å². The highest BCUT2D eigenvalue weighted by atomic mass is 14.9. The fraction of sp³-hybridized carbons (Fsp3) is 1.00. The smallest absolute Gasteiger partial charge is 0.0859 e. The molecule has 2 heteroatoms. The molecule has 0 aromatic heterocycles. The van der Waals surface area contributed by atoms with Crippen molar-refractivity contribution in [1.82, 2.24) is 0 Å². The predicted octanol–water partition coefficient (Wildman–Crippen LogP) is -0.485. The molecule has 0 spiro atoms. The van der Waals surface area contributed by atoms with E-state index in [-0.39, 0.29) is 0 Å². The van der Waals surface area contributed by atoms with E-state index in [1.54, 1.807) is 0 Å². The zero-order chi connectivity index (χ0) is 7.94. The van der Waals surface area contributed by atoms with Crippen LogP contribution in [0, 0.1) is 0 Å². The molecule has 0 unspecified atom stereocenters. The van der Waals surface area contributed by atoms with Gasteiger partial charge in [0, 0.05) is 6.42 Å². The summed E-state index contributed by atoms with van der Waals surface area (Å²) < 4.78 is 0. The fourth-order valence-electron chi connectivity index (χ4n) is 1.87. The van der Waals surface area contributed by atoms with E-state index in [1.165, 1.54) is 45.1 Å². The maximum Gasteiger partial charge on any atom is 0.0859 e. The maximum absolute atomic E-state index is 3.85. The van der Waals surface area contributed by atoms with Crippen LogP contribution in [0.15, 0.2) is 0 Å². The van der Waals surface area contributed by atoms with Crippen molar-refractivity contribution in [2.24, 2.45) is 0 Å². The van der Waals surface area contributed by atoms with Crippen LogP contribution in [0.5, 0.6) is 0 Å². The lowest BCUT2D eigenvalue weighted by Crippen LogP contribution is -2.90. The van der Waals surface area contributed by atoms with Crippen molar-refractivity contribution in [3.8, 4) is 0 Å². The molecule has 0 aromatic carbocycles. The van der Waals surface area contributed by atoms with Crippen LogP contribution < -0.4 is 11.1 Å². The van der Waals surface area contributed by atoms with E-state index >= 15 is 0 Å². The molecule has 2 nitrogen and oxygen atoms in total. The van der Waals surface area contributed by atoms with Crippen molar-refractivity contribution < 1.29 is 11.1 Å². The molecule has 1 fully saturated rings. The topological polar surface area (TPSA) is 44.2 Å². The minimum atomic E-state index is 0.954. The van der Waals surface area contributed by atoms with E-state index in [0.29, 0.717) is 0 Å². The molecule has 0 atom stereocenters. The van der Waals surface area contributed by atoms with Gasteiger partial charge in [0.1, 0.15) is 0 Å². The third kappa shape index (κ3) is 3.73. The Bertz CT molecular complexity index is 87.6. The average Bonchev–Trinajstić information content (AvgIpc) is 2.07. The molecule has 0 heterocycles. The van der Waals surface area contributed by atoms with Crippen LogP contribution in [0.2, 0.25) is 0 Å². The summed E-state index contributed by atoms with van der Waals surface area (Å²) in [4.78, 5) is 0. The van der Waals surface area contributed by atoms with Gasteiger partial charge < -0.3 is 11.1 Å². The molecule has 0 radical (unpaired) electrons. The highest BCUT2D eigenvalue weighted by Gasteiger charge is 2.14. The SMILES string of the molecule is [NH3+]CCC[NH2+]C1CCCCC1. The molecule has 1 aliphatic carbocycles. The molecule has 0 saturated heterocycles. The lowest BCUT2D eigenvalue weighted by molar-refractivity contribution is -0.693. The van der Waals surface area contributed by atoms with Gasteiger partial charge in [-0.15, -0.1) is 0 Å². The molecule has 0 aliphatic heterocycles. The highest BCUT2D eigenvalue weighted by Crippen LogP contribution is 2.14. The summed E-state index contributed by atoms with van der Waals surface area (Å²) in [5, 5.41) is 2.53. The first-order valence-corrected chi connectivity index (χ1v) is 5.06. The molecule has 66 valence electrons. The van der Waals surface area contributed by atoms with Crippen molar-refractivity contribution in [3.63, 3.8) is 0 Å². The van der Waals surface area contributed by atoms with Gasteiger partial charge in [-0.3, -0.25) is 0 Å². The summed E-state index contributed by atoms with van der Waals surface area (Å²) in [6.45, 7) is 2.40. The van der Waals surface area contributed by atoms with Crippen molar-refractivity contribution in [2.75, 3.05) is 13.1 Å². The predicted molar refractivity (Wildman–Crippen MR) is 46.0 cm³/mol. The van der Waals surface area contributed by atoms with E-state index in [2.05, 4.69) is 11.1 Å². The molecule has 11 heavy (non-hydrogen) atoms. The second-order valence-electron chi connectivity index (χ2n) is 3.63. The second kappa shape index (κ2) is 5.56. The van der Waals surface area contributed by atoms with Crippen LogP contribution in [0.25, 0.3) is 0 Å². The summed E-state index contributed by atoms with van der Waals surface area (Å²) in [6, 6.07) is 0.954. The van der Waals surface area contributed by atoms with Gasteiger partial charge in [0.15, 0.2) is 0 Å². The van der Waals surface area contributed by atoms with E-state index in [0.717, 1.165) is 12.6 Å². The van der Waals surface area contributed by atoms with Gasteiger partial charge in [-0.1, -0.05) is 6.42 Å². The van der Waals surface area contributed by atoms with Gasteiger partial charge >= 0.3 is 0 Å². The lowest BCUT2D eigenvalue weighted by atomic mass is 9.95. The van der Waals surface area contributed by atoms with E-state index in [9.17, 15) is 0 Å². The van der Waals surface area contributed by atoms with Gasteiger partial charge in [-0.25, -0.2) is 0 Å². The van der Waals surface area contributed by atoms with Crippen LogP contribution in [0.1, 0.15) is 38.5 Å². The third-order valence-corrected chi connectivity index (χ3v) is 2.60. The Balaban J connectivity index is 1.96. The van der Waals surface area contributed by atoms with Crippen LogP contribution >= 0.6 is 0 Å². The van der Waals surface area contributed by atoms with Crippen molar-refractivity contribution >= 4 is 0 Å². The zero-order valence-electron chi connectivity index (χ0n) is 7.52. The zero-order valence-corrected chi connectivity index (χ0v) is 7.52. The standard InChI is InChI=1S/C9H20N2/c10-7-4-8-11-9-5-2-1-3-6-9/h9,11H,1-8,10H2/p+2. The Kier molecular flexibility index (Phi) is 4.55. The molecule has 1 aliphatic rings. The second-order valence-corrected chi connectivity index (χ2v) is 3.63. The van der Waals surface area contributed by atoms with Crippen molar-refractivity contribution in [2.45, 2.75) is 44.6 Å². The number of hydrogen-bond acceptors (Lipinski definition) is 0. The van der Waals surface area contributed by atoms with Gasteiger partial charge in [0.2, 0.25) is 0 Å². The monoisotopic (exact) mass is 158 g/mol. The van der Waals surface area contributed by atoms with E-state index < -0.39 is 0 Å². The summed E-state index contributed by atoms with van der Waals surface area (Å²) in [5.41, 5.74) is 3.85. The first-order chi connectivity index (χ1) is 5.43. The molecule has 1 rings (SSSR count). The summed E-state index contributed by atoms with van der Waals surface area (Å²) in [5.74, 6) is 0. The van der Waals surface area contributed by atoms with Crippen LogP contribution in [0.3, 0.4) is 0 Å². The quantitative estimate of drug-likeness (QED) is 0.519. The van der Waals surface area contributed by atoms with Gasteiger partial charge in [-0.2, -0.15) is 0 Å². The van der Waals surface area contributed by atoms with Crippen molar-refractivity contribution in [3.05, 3.63) is 0 Å². The van der Waals surface area contributed by atoms with E-state index in [4.69, 9.17) is 0 Å². The summed E-state index contributed by atoms with van der Waals surface area (Å²) in [6.07, 6.45) is 8.60. The number of rotatable bonds is 4. The fourth-order valence-corrected chi connectivity index (χ4v) is 1.87. The Morgan fingerprint density at radius 3 is 2.55 bits per heavy atom. The average molecular weight is 158 g/mol. The summed E-state index contributed by atoms with van der Waals surface area (Å²) in [7, 11) is 0. The largest absolute Gasteiger partial charge is 0.357 e. The van der Waals surface area contributed by atoms with Crippen LogP contribution in [-0.4, -0.2) is 19.1 Å². The molecular weight excluding hydrogens is 136 g/mol. The van der Waals surface area contributed by atoms with Gasteiger partial charge in [-0.05, 0) is 25.7 Å². The molecule has 5 N–H and O–H groups in total. The molecule has 0 aromatic rings. The van der Waals surface area contributed by atoms with Crippen LogP contribution in [0.4, 0.5) is 0 Å². The minimum absolute atomic E-state index is 0.954. The molecule has 0 amide bonds. The number of nitrogens with two attached hydrogens (primary N) is 1. The van der Waals surface area contributed by atoms with Crippen molar-refractivity contribution in [1.29, 1.82) is 0 Å². The Morgan fingerprint density at radius 1 is 1.18 bits per heavy atom. The number of hydrogen-bond donors (Lipinski definition) is 2. The normalized spacial score (nSPS) is 20.5. The first kappa shape index (κ1) is 9.01. The van der Waals surface area contributed by atoms with E-state index in [1.807, 2.05) is 0 Å². The van der Waals surface area contributed by atoms with Crippen LogP contribution in [-0.2, 0) is 0 Å². The maximum atomic E-state index is 3.85. The highest BCUT2D eigenvalue weighted by molar-refractivity contribution is 4.61. The number of quaternary nitrogens is 2.